The van der Waals surface area contributed by atoms with Crippen LogP contribution in [0.2, 0.25) is 0 Å². The van der Waals surface area contributed by atoms with E-state index in [0.717, 1.165) is 29.7 Å². The predicted octanol–water partition coefficient (Wildman–Crippen LogP) is 0.737. The van der Waals surface area contributed by atoms with E-state index in [1.165, 1.54) is 0 Å². The molecule has 1 atom stereocenters. The third-order valence-electron chi connectivity index (χ3n) is 2.66. The monoisotopic (exact) mass is 188 g/mol. The molecule has 0 saturated carbocycles. The minimum Gasteiger partial charge on any atom is -0.394 e. The molecule has 0 fully saturated rings. The summed E-state index contributed by atoms with van der Waals surface area (Å²) in [5, 5.41) is 21.3. The average molecular weight is 188 g/mol. The largest absolute Gasteiger partial charge is 0.394 e. The molecule has 0 saturated heterocycles. The maximum Gasteiger partial charge on any atom is 0.0994 e. The zero-order valence-electron chi connectivity index (χ0n) is 7.83. The summed E-state index contributed by atoms with van der Waals surface area (Å²) in [5.41, 5.74) is 2.90. The van der Waals surface area contributed by atoms with Gasteiger partial charge < -0.3 is 10.4 Å². The van der Waals surface area contributed by atoms with Crippen molar-refractivity contribution < 1.29 is 5.11 Å². The second-order valence-corrected chi connectivity index (χ2v) is 3.42. The van der Waals surface area contributed by atoms with Crippen molar-refractivity contribution >= 4 is 0 Å². The Kier molecular flexibility index (Phi) is 2.49. The molecule has 2 N–H and O–H groups in total. The first-order valence-electron chi connectivity index (χ1n) is 4.73. The summed E-state index contributed by atoms with van der Waals surface area (Å²) in [6, 6.07) is 7.86. The predicted molar refractivity (Wildman–Crippen MR) is 52.7 cm³/mol. The van der Waals surface area contributed by atoms with Crippen LogP contribution < -0.4 is 5.32 Å². The lowest BCUT2D eigenvalue weighted by atomic mass is 9.91. The van der Waals surface area contributed by atoms with Crippen LogP contribution in [-0.4, -0.2) is 18.3 Å². The van der Waals surface area contributed by atoms with Gasteiger partial charge in [0.2, 0.25) is 0 Å². The Morgan fingerprint density at radius 2 is 2.43 bits per heavy atom. The fourth-order valence-corrected chi connectivity index (χ4v) is 1.96. The second kappa shape index (κ2) is 3.79. The van der Waals surface area contributed by atoms with Crippen molar-refractivity contribution in [2.45, 2.75) is 12.5 Å². The number of hydrogen-bond donors (Lipinski definition) is 2. The molecule has 1 aromatic carbocycles. The van der Waals surface area contributed by atoms with Gasteiger partial charge in [-0.05, 0) is 30.2 Å². The Morgan fingerprint density at radius 1 is 1.57 bits per heavy atom. The lowest BCUT2D eigenvalue weighted by molar-refractivity contribution is 0.240. The third-order valence-corrected chi connectivity index (χ3v) is 2.66. The first kappa shape index (κ1) is 9.20. The maximum absolute atomic E-state index is 9.16. The van der Waals surface area contributed by atoms with Crippen LogP contribution in [-0.2, 0) is 6.42 Å². The minimum atomic E-state index is -0.00736. The Hall–Kier alpha value is -1.37. The molecular formula is C11H12N2O. The van der Waals surface area contributed by atoms with Crippen LogP contribution in [0.1, 0.15) is 22.7 Å². The SMILES string of the molecule is N#Cc1cccc2c1CCNC2CO. The van der Waals surface area contributed by atoms with Gasteiger partial charge in [-0.15, -0.1) is 0 Å². The van der Waals surface area contributed by atoms with E-state index >= 15 is 0 Å². The average Bonchev–Trinajstić information content (AvgIpc) is 2.27. The van der Waals surface area contributed by atoms with Gasteiger partial charge in [0.1, 0.15) is 0 Å². The molecule has 2 rings (SSSR count). The topological polar surface area (TPSA) is 56.0 Å². The van der Waals surface area contributed by atoms with Gasteiger partial charge in [0, 0.05) is 0 Å². The molecule has 1 aliphatic heterocycles. The summed E-state index contributed by atoms with van der Waals surface area (Å²) in [5.74, 6) is 0. The minimum absolute atomic E-state index is 0.00736. The van der Waals surface area contributed by atoms with Crippen molar-refractivity contribution in [2.75, 3.05) is 13.2 Å². The van der Waals surface area contributed by atoms with E-state index in [0.29, 0.717) is 0 Å². The van der Waals surface area contributed by atoms with E-state index < -0.39 is 0 Å². The number of hydrogen-bond acceptors (Lipinski definition) is 3. The third kappa shape index (κ3) is 1.39. The first-order valence-corrected chi connectivity index (χ1v) is 4.73. The molecular weight excluding hydrogens is 176 g/mol. The van der Waals surface area contributed by atoms with Crippen molar-refractivity contribution in [2.24, 2.45) is 0 Å². The molecule has 1 unspecified atom stereocenters. The smallest absolute Gasteiger partial charge is 0.0994 e. The maximum atomic E-state index is 9.16. The van der Waals surface area contributed by atoms with Crippen LogP contribution in [0.5, 0.6) is 0 Å². The van der Waals surface area contributed by atoms with Crippen LogP contribution >= 0.6 is 0 Å². The van der Waals surface area contributed by atoms with Crippen LogP contribution in [0.4, 0.5) is 0 Å². The zero-order valence-corrected chi connectivity index (χ0v) is 7.83. The van der Waals surface area contributed by atoms with Crippen molar-refractivity contribution in [3.63, 3.8) is 0 Å². The number of nitrogens with one attached hydrogen (secondary N) is 1. The number of aliphatic hydroxyl groups excluding tert-OH is 1. The van der Waals surface area contributed by atoms with E-state index in [-0.39, 0.29) is 12.6 Å². The summed E-state index contributed by atoms with van der Waals surface area (Å²) in [4.78, 5) is 0. The van der Waals surface area contributed by atoms with E-state index in [9.17, 15) is 0 Å². The normalized spacial score (nSPS) is 19.9. The number of rotatable bonds is 1. The summed E-state index contributed by atoms with van der Waals surface area (Å²) in [6.45, 7) is 0.915. The Labute approximate surface area is 83.0 Å². The highest BCUT2D eigenvalue weighted by Crippen LogP contribution is 2.24. The number of fused-ring (bicyclic) bond motifs is 1. The molecule has 0 radical (unpaired) electrons. The van der Waals surface area contributed by atoms with Crippen LogP contribution in [0.3, 0.4) is 0 Å². The quantitative estimate of drug-likeness (QED) is 0.683. The molecule has 3 nitrogen and oxygen atoms in total. The van der Waals surface area contributed by atoms with Gasteiger partial charge in [-0.1, -0.05) is 12.1 Å². The second-order valence-electron chi connectivity index (χ2n) is 3.42. The van der Waals surface area contributed by atoms with Crippen LogP contribution in [0.15, 0.2) is 18.2 Å². The van der Waals surface area contributed by atoms with Crippen LogP contribution in [0, 0.1) is 11.3 Å². The fourth-order valence-electron chi connectivity index (χ4n) is 1.96. The Balaban J connectivity index is 2.50. The van der Waals surface area contributed by atoms with Crippen LogP contribution in [0.25, 0.3) is 0 Å². The standard InChI is InChI=1S/C11H12N2O/c12-6-8-2-1-3-10-9(8)4-5-13-11(10)7-14/h1-3,11,13-14H,4-5,7H2. The molecule has 1 heterocycles. The van der Waals surface area contributed by atoms with E-state index in [2.05, 4.69) is 11.4 Å². The van der Waals surface area contributed by atoms with Gasteiger partial charge in [-0.2, -0.15) is 5.26 Å². The molecule has 3 heteroatoms. The van der Waals surface area contributed by atoms with Crippen molar-refractivity contribution in [1.82, 2.24) is 5.32 Å². The van der Waals surface area contributed by atoms with Gasteiger partial charge in [-0.25, -0.2) is 0 Å². The highest BCUT2D eigenvalue weighted by Gasteiger charge is 2.20. The van der Waals surface area contributed by atoms with E-state index in [1.54, 1.807) is 0 Å². The fraction of sp³-hybridized carbons (Fsp3) is 0.364. The zero-order chi connectivity index (χ0) is 9.97. The highest BCUT2D eigenvalue weighted by atomic mass is 16.3. The number of benzene rings is 1. The summed E-state index contributed by atoms with van der Waals surface area (Å²) < 4.78 is 0. The number of aliphatic hydroxyl groups is 1. The molecule has 0 aliphatic carbocycles. The van der Waals surface area contributed by atoms with Gasteiger partial charge in [0.15, 0.2) is 0 Å². The number of nitriles is 1. The van der Waals surface area contributed by atoms with E-state index in [1.807, 2.05) is 18.2 Å². The van der Waals surface area contributed by atoms with Crippen molar-refractivity contribution in [3.05, 3.63) is 34.9 Å². The summed E-state index contributed by atoms with van der Waals surface area (Å²) in [7, 11) is 0. The lowest BCUT2D eigenvalue weighted by Crippen LogP contribution is -2.32. The molecule has 1 aromatic rings. The lowest BCUT2D eigenvalue weighted by Gasteiger charge is -2.25. The molecule has 0 amide bonds. The highest BCUT2D eigenvalue weighted by molar-refractivity contribution is 5.45. The van der Waals surface area contributed by atoms with Crippen molar-refractivity contribution in [3.8, 4) is 6.07 Å². The van der Waals surface area contributed by atoms with Gasteiger partial charge >= 0.3 is 0 Å². The van der Waals surface area contributed by atoms with E-state index in [4.69, 9.17) is 10.4 Å². The molecule has 0 aromatic heterocycles. The van der Waals surface area contributed by atoms with Crippen molar-refractivity contribution in [1.29, 1.82) is 5.26 Å². The molecule has 72 valence electrons. The Bertz CT molecular complexity index is 381. The number of nitrogens with zero attached hydrogens (tertiary/aromatic N) is 1. The molecule has 0 bridgehead atoms. The van der Waals surface area contributed by atoms with Gasteiger partial charge in [-0.3, -0.25) is 0 Å². The Morgan fingerprint density at radius 3 is 3.14 bits per heavy atom. The molecule has 14 heavy (non-hydrogen) atoms. The first-order chi connectivity index (χ1) is 6.86. The van der Waals surface area contributed by atoms with Gasteiger partial charge in [0.25, 0.3) is 0 Å². The molecule has 0 spiro atoms. The van der Waals surface area contributed by atoms with Gasteiger partial charge in [0.05, 0.1) is 24.3 Å². The summed E-state index contributed by atoms with van der Waals surface area (Å²) >= 11 is 0. The summed E-state index contributed by atoms with van der Waals surface area (Å²) in [6.07, 6.45) is 0.871. The molecule has 1 aliphatic rings.